The quantitative estimate of drug-likeness (QED) is 0.507. The Bertz CT molecular complexity index is 1100. The van der Waals surface area contributed by atoms with Crippen molar-refractivity contribution in [2.75, 3.05) is 11.4 Å². The Morgan fingerprint density at radius 3 is 2.21 bits per heavy atom. The van der Waals surface area contributed by atoms with E-state index in [2.05, 4.69) is 15.9 Å². The van der Waals surface area contributed by atoms with E-state index in [0.717, 1.165) is 8.78 Å². The molecule has 0 saturated heterocycles. The molecule has 0 bridgehead atoms. The van der Waals surface area contributed by atoms with Crippen LogP contribution >= 0.6 is 27.5 Å². The monoisotopic (exact) mass is 479 g/mol. The molecule has 0 aliphatic rings. The van der Waals surface area contributed by atoms with E-state index in [-0.39, 0.29) is 21.2 Å². The Labute approximate surface area is 176 Å². The maximum absolute atomic E-state index is 13.3. The van der Waals surface area contributed by atoms with Crippen molar-refractivity contribution in [2.45, 2.75) is 4.90 Å². The van der Waals surface area contributed by atoms with Crippen molar-refractivity contribution >= 4 is 49.1 Å². The lowest BCUT2D eigenvalue weighted by Gasteiger charge is -2.23. The van der Waals surface area contributed by atoms with E-state index in [4.69, 9.17) is 16.3 Å². The van der Waals surface area contributed by atoms with Gasteiger partial charge in [0.05, 0.1) is 22.7 Å². The summed E-state index contributed by atoms with van der Waals surface area (Å²) in [6.45, 7) is 0. The van der Waals surface area contributed by atoms with Crippen molar-refractivity contribution in [3.63, 3.8) is 0 Å². The average Bonchev–Trinajstić information content (AvgIpc) is 2.69. The van der Waals surface area contributed by atoms with Crippen LogP contribution in [0.4, 0.5) is 5.69 Å². The highest BCUT2D eigenvalue weighted by atomic mass is 79.9. The molecular formula is C20H15BrClNO4S. The first-order valence-corrected chi connectivity index (χ1v) is 10.7. The fraction of sp³-hybridized carbons (Fsp3) is 0.0500. The molecule has 8 heteroatoms. The molecule has 0 radical (unpaired) electrons. The Kier molecular flexibility index (Phi) is 6.07. The molecule has 1 amide bonds. The third-order valence-corrected chi connectivity index (χ3v) is 6.48. The molecule has 0 heterocycles. The van der Waals surface area contributed by atoms with Gasteiger partial charge >= 0.3 is 0 Å². The number of hydrogen-bond acceptors (Lipinski definition) is 4. The number of rotatable bonds is 5. The molecule has 0 spiro atoms. The van der Waals surface area contributed by atoms with Crippen molar-refractivity contribution in [3.05, 3.63) is 87.9 Å². The summed E-state index contributed by atoms with van der Waals surface area (Å²) in [7, 11) is -2.72. The molecule has 0 saturated carbocycles. The second-order valence-electron chi connectivity index (χ2n) is 5.71. The zero-order chi connectivity index (χ0) is 20.3. The number of benzene rings is 3. The van der Waals surface area contributed by atoms with E-state index in [1.54, 1.807) is 42.5 Å². The molecule has 144 valence electrons. The number of carbonyl (C=O) groups is 1. The molecule has 3 aromatic rings. The largest absolute Gasteiger partial charge is 0.495 e. The van der Waals surface area contributed by atoms with Gasteiger partial charge in [-0.2, -0.15) is 4.31 Å². The second kappa shape index (κ2) is 8.34. The molecule has 28 heavy (non-hydrogen) atoms. The van der Waals surface area contributed by atoms with Gasteiger partial charge in [0, 0.05) is 10.0 Å². The van der Waals surface area contributed by atoms with Gasteiger partial charge in [-0.1, -0.05) is 45.7 Å². The Morgan fingerprint density at radius 2 is 1.64 bits per heavy atom. The van der Waals surface area contributed by atoms with Gasteiger partial charge in [-0.25, -0.2) is 8.42 Å². The summed E-state index contributed by atoms with van der Waals surface area (Å²) in [5.74, 6) is -0.323. The Hall–Kier alpha value is -2.35. The number of carbonyl (C=O) groups excluding carboxylic acids is 1. The molecule has 0 aliphatic carbocycles. The molecule has 0 aliphatic heterocycles. The summed E-state index contributed by atoms with van der Waals surface area (Å²) in [5.41, 5.74) is 0.331. The number of nitrogens with zero attached hydrogens (tertiary/aromatic N) is 1. The zero-order valence-corrected chi connectivity index (χ0v) is 17.8. The smallest absolute Gasteiger partial charge is 0.272 e. The number of sulfonamides is 1. The minimum absolute atomic E-state index is 0.00704. The molecule has 0 fully saturated rings. The highest BCUT2D eigenvalue weighted by molar-refractivity contribution is 9.10. The summed E-state index contributed by atoms with van der Waals surface area (Å²) >= 11 is 9.48. The van der Waals surface area contributed by atoms with Gasteiger partial charge in [0.15, 0.2) is 0 Å². The Morgan fingerprint density at radius 1 is 1.00 bits per heavy atom. The zero-order valence-electron chi connectivity index (χ0n) is 14.7. The topological polar surface area (TPSA) is 63.7 Å². The highest BCUT2D eigenvalue weighted by Gasteiger charge is 2.32. The van der Waals surface area contributed by atoms with E-state index in [1.165, 1.54) is 37.4 Å². The van der Waals surface area contributed by atoms with Crippen LogP contribution in [0.2, 0.25) is 5.02 Å². The van der Waals surface area contributed by atoms with E-state index in [9.17, 15) is 13.2 Å². The van der Waals surface area contributed by atoms with Crippen LogP contribution in [0.15, 0.2) is 82.2 Å². The fourth-order valence-corrected chi connectivity index (χ4v) is 4.50. The van der Waals surface area contributed by atoms with Crippen LogP contribution in [0, 0.1) is 0 Å². The number of amides is 1. The van der Waals surface area contributed by atoms with Crippen LogP contribution in [0.25, 0.3) is 0 Å². The van der Waals surface area contributed by atoms with Gasteiger partial charge in [0.25, 0.3) is 15.9 Å². The summed E-state index contributed by atoms with van der Waals surface area (Å²) < 4.78 is 33.2. The molecule has 3 rings (SSSR count). The van der Waals surface area contributed by atoms with E-state index in [0.29, 0.717) is 5.75 Å². The van der Waals surface area contributed by atoms with Gasteiger partial charge < -0.3 is 4.74 Å². The van der Waals surface area contributed by atoms with Gasteiger partial charge in [0.1, 0.15) is 5.75 Å². The lowest BCUT2D eigenvalue weighted by Crippen LogP contribution is -2.37. The third kappa shape index (κ3) is 4.06. The first-order chi connectivity index (χ1) is 13.3. The maximum atomic E-state index is 13.3. The summed E-state index contributed by atoms with van der Waals surface area (Å²) in [6, 6.07) is 18.6. The first-order valence-electron chi connectivity index (χ1n) is 8.08. The Balaban J connectivity index is 2.18. The standard InChI is InChI=1S/C20H15BrClNO4S/c1-27-19-12-11-16(13-18(19)22)23(20(24)14-7-9-15(21)10-8-14)28(25,26)17-5-3-2-4-6-17/h2-13H,1H3. The van der Waals surface area contributed by atoms with Crippen LogP contribution < -0.4 is 9.04 Å². The molecular weight excluding hydrogens is 466 g/mol. The van der Waals surface area contributed by atoms with Crippen molar-refractivity contribution < 1.29 is 17.9 Å². The predicted molar refractivity (Wildman–Crippen MR) is 113 cm³/mol. The van der Waals surface area contributed by atoms with E-state index < -0.39 is 15.9 Å². The summed E-state index contributed by atoms with van der Waals surface area (Å²) in [5, 5.41) is 0.192. The molecule has 5 nitrogen and oxygen atoms in total. The van der Waals surface area contributed by atoms with Gasteiger partial charge in [-0.15, -0.1) is 0 Å². The summed E-state index contributed by atoms with van der Waals surface area (Å²) in [6.07, 6.45) is 0. The van der Waals surface area contributed by atoms with Crippen molar-refractivity contribution in [1.82, 2.24) is 0 Å². The van der Waals surface area contributed by atoms with Crippen molar-refractivity contribution in [3.8, 4) is 5.75 Å². The SMILES string of the molecule is COc1ccc(N(C(=O)c2ccc(Br)cc2)S(=O)(=O)c2ccccc2)cc1Cl. The van der Waals surface area contributed by atoms with Crippen molar-refractivity contribution in [1.29, 1.82) is 0 Å². The highest BCUT2D eigenvalue weighted by Crippen LogP contribution is 2.33. The summed E-state index contributed by atoms with van der Waals surface area (Å²) in [4.78, 5) is 13.2. The molecule has 3 aromatic carbocycles. The van der Waals surface area contributed by atoms with E-state index >= 15 is 0 Å². The van der Waals surface area contributed by atoms with Crippen LogP contribution in [-0.4, -0.2) is 21.4 Å². The van der Waals surface area contributed by atoms with Gasteiger partial charge in [-0.3, -0.25) is 4.79 Å². The van der Waals surface area contributed by atoms with Crippen LogP contribution in [0.1, 0.15) is 10.4 Å². The van der Waals surface area contributed by atoms with Crippen LogP contribution in [0.3, 0.4) is 0 Å². The fourth-order valence-electron chi connectivity index (χ4n) is 2.55. The van der Waals surface area contributed by atoms with Gasteiger partial charge in [0.2, 0.25) is 0 Å². The third-order valence-electron chi connectivity index (χ3n) is 3.93. The predicted octanol–water partition coefficient (Wildman–Crippen LogP) is 5.15. The van der Waals surface area contributed by atoms with Gasteiger partial charge in [-0.05, 0) is 54.6 Å². The number of anilines is 1. The molecule has 0 atom stereocenters. The maximum Gasteiger partial charge on any atom is 0.272 e. The number of halogens is 2. The minimum atomic E-state index is -4.18. The number of ether oxygens (including phenoxy) is 1. The number of methoxy groups -OCH3 is 1. The second-order valence-corrected chi connectivity index (χ2v) is 8.82. The first kappa shape index (κ1) is 20.4. The normalized spacial score (nSPS) is 11.1. The van der Waals surface area contributed by atoms with E-state index in [1.807, 2.05) is 0 Å². The number of hydrogen-bond donors (Lipinski definition) is 0. The minimum Gasteiger partial charge on any atom is -0.495 e. The lowest BCUT2D eigenvalue weighted by molar-refractivity contribution is 0.101. The molecule has 0 unspecified atom stereocenters. The molecule has 0 N–H and O–H groups in total. The molecule has 0 aromatic heterocycles. The van der Waals surface area contributed by atoms with Crippen molar-refractivity contribution in [2.24, 2.45) is 0 Å². The van der Waals surface area contributed by atoms with Crippen LogP contribution in [-0.2, 0) is 10.0 Å². The average molecular weight is 481 g/mol. The van der Waals surface area contributed by atoms with Crippen LogP contribution in [0.5, 0.6) is 5.75 Å². The lowest BCUT2D eigenvalue weighted by atomic mass is 10.2.